The average molecular weight is 349 g/mol. The van der Waals surface area contributed by atoms with Crippen LogP contribution in [0.4, 0.5) is 11.4 Å². The zero-order chi connectivity index (χ0) is 15.6. The van der Waals surface area contributed by atoms with Crippen molar-refractivity contribution in [3.63, 3.8) is 0 Å². The van der Waals surface area contributed by atoms with Gasteiger partial charge in [-0.25, -0.2) is 0 Å². The highest BCUT2D eigenvalue weighted by atomic mass is 79.9. The largest absolute Gasteiger partial charge is 0.380 e. The Morgan fingerprint density at radius 3 is 2.43 bits per heavy atom. The van der Waals surface area contributed by atoms with Gasteiger partial charge in [-0.15, -0.1) is 0 Å². The van der Waals surface area contributed by atoms with Crippen LogP contribution in [0.5, 0.6) is 0 Å². The summed E-state index contributed by atoms with van der Waals surface area (Å²) in [7, 11) is 0. The quantitative estimate of drug-likeness (QED) is 0.631. The van der Waals surface area contributed by atoms with E-state index in [1.165, 1.54) is 11.1 Å². The van der Waals surface area contributed by atoms with Gasteiger partial charge in [0.2, 0.25) is 0 Å². The normalized spacial score (nSPS) is 10.5. The van der Waals surface area contributed by atoms with E-state index in [0.717, 1.165) is 15.7 Å². The van der Waals surface area contributed by atoms with E-state index in [1.54, 1.807) is 19.1 Å². The molecule has 4 nitrogen and oxygen atoms in total. The summed E-state index contributed by atoms with van der Waals surface area (Å²) in [5, 5.41) is 14.3. The Balaban J connectivity index is 2.21. The third kappa shape index (κ3) is 3.61. The first kappa shape index (κ1) is 15.5. The van der Waals surface area contributed by atoms with Gasteiger partial charge in [0, 0.05) is 22.6 Å². The van der Waals surface area contributed by atoms with Crippen LogP contribution in [0.3, 0.4) is 0 Å². The summed E-state index contributed by atoms with van der Waals surface area (Å²) in [6.45, 7) is 6.51. The van der Waals surface area contributed by atoms with Crippen LogP contribution in [0.1, 0.15) is 22.3 Å². The smallest absolute Gasteiger partial charge is 0.274 e. The second-order valence-electron chi connectivity index (χ2n) is 5.15. The zero-order valence-corrected chi connectivity index (χ0v) is 13.8. The van der Waals surface area contributed by atoms with Crippen molar-refractivity contribution in [3.05, 3.63) is 67.2 Å². The maximum atomic E-state index is 11.0. The molecule has 0 bridgehead atoms. The van der Waals surface area contributed by atoms with Crippen LogP contribution in [0.25, 0.3) is 0 Å². The van der Waals surface area contributed by atoms with E-state index >= 15 is 0 Å². The second-order valence-corrected chi connectivity index (χ2v) is 6.00. The number of hydrogen-bond donors (Lipinski definition) is 1. The van der Waals surface area contributed by atoms with Gasteiger partial charge in [-0.05, 0) is 59.5 Å². The van der Waals surface area contributed by atoms with Crippen LogP contribution in [-0.2, 0) is 6.54 Å². The summed E-state index contributed by atoms with van der Waals surface area (Å²) in [6, 6.07) is 9.60. The molecular formula is C16H17BrN2O2. The minimum atomic E-state index is -0.358. The zero-order valence-electron chi connectivity index (χ0n) is 12.2. The van der Waals surface area contributed by atoms with Gasteiger partial charge in [0.1, 0.15) is 0 Å². The third-order valence-corrected chi connectivity index (χ3v) is 4.19. The minimum Gasteiger partial charge on any atom is -0.380 e. The van der Waals surface area contributed by atoms with Crippen molar-refractivity contribution in [2.75, 3.05) is 5.32 Å². The maximum absolute atomic E-state index is 11.0. The van der Waals surface area contributed by atoms with Crippen molar-refractivity contribution in [2.45, 2.75) is 27.3 Å². The Labute approximate surface area is 132 Å². The van der Waals surface area contributed by atoms with E-state index in [4.69, 9.17) is 0 Å². The molecule has 0 amide bonds. The van der Waals surface area contributed by atoms with E-state index in [-0.39, 0.29) is 10.6 Å². The molecular weight excluding hydrogens is 332 g/mol. The molecule has 0 saturated heterocycles. The summed E-state index contributed by atoms with van der Waals surface area (Å²) in [4.78, 5) is 10.6. The van der Waals surface area contributed by atoms with Crippen molar-refractivity contribution < 1.29 is 4.92 Å². The Hall–Kier alpha value is -1.88. The molecule has 0 aromatic heterocycles. The lowest BCUT2D eigenvalue weighted by Crippen LogP contribution is -2.02. The fourth-order valence-electron chi connectivity index (χ4n) is 2.10. The van der Waals surface area contributed by atoms with Gasteiger partial charge >= 0.3 is 0 Å². The molecule has 21 heavy (non-hydrogen) atoms. The Kier molecular flexibility index (Phi) is 4.63. The fourth-order valence-corrected chi connectivity index (χ4v) is 2.70. The predicted molar refractivity (Wildman–Crippen MR) is 88.8 cm³/mol. The summed E-state index contributed by atoms with van der Waals surface area (Å²) < 4.78 is 0.828. The molecule has 0 fully saturated rings. The molecule has 0 atom stereocenters. The third-order valence-electron chi connectivity index (χ3n) is 3.54. The number of nitrogens with one attached hydrogen (secondary N) is 1. The number of nitro benzene ring substituents is 1. The molecule has 0 radical (unpaired) electrons. The fraction of sp³-hybridized carbons (Fsp3) is 0.250. The minimum absolute atomic E-state index is 0.126. The lowest BCUT2D eigenvalue weighted by Gasteiger charge is -2.11. The van der Waals surface area contributed by atoms with Gasteiger partial charge in [-0.2, -0.15) is 0 Å². The highest BCUT2D eigenvalue weighted by Crippen LogP contribution is 2.31. The van der Waals surface area contributed by atoms with Gasteiger partial charge in [0.05, 0.1) is 10.6 Å². The van der Waals surface area contributed by atoms with E-state index in [0.29, 0.717) is 12.1 Å². The maximum Gasteiger partial charge on any atom is 0.274 e. The van der Waals surface area contributed by atoms with Crippen LogP contribution < -0.4 is 5.32 Å². The van der Waals surface area contributed by atoms with Crippen LogP contribution >= 0.6 is 15.9 Å². The number of hydrogen-bond acceptors (Lipinski definition) is 3. The Morgan fingerprint density at radius 2 is 1.81 bits per heavy atom. The number of aryl methyl sites for hydroxylation is 3. The molecule has 110 valence electrons. The van der Waals surface area contributed by atoms with Crippen molar-refractivity contribution in [1.29, 1.82) is 0 Å². The van der Waals surface area contributed by atoms with E-state index in [2.05, 4.69) is 53.3 Å². The number of halogens is 1. The van der Waals surface area contributed by atoms with Gasteiger partial charge in [0.25, 0.3) is 5.69 Å². The number of nitro groups is 1. The first-order valence-corrected chi connectivity index (χ1v) is 7.42. The van der Waals surface area contributed by atoms with E-state index in [1.807, 2.05) is 0 Å². The molecule has 5 heteroatoms. The molecule has 0 aliphatic carbocycles. The number of nitrogens with zero attached hydrogens (tertiary/aromatic N) is 1. The molecule has 2 aromatic rings. The van der Waals surface area contributed by atoms with Crippen molar-refractivity contribution in [1.82, 2.24) is 0 Å². The highest BCUT2D eigenvalue weighted by Gasteiger charge is 2.14. The van der Waals surface area contributed by atoms with Crippen LogP contribution in [0.2, 0.25) is 0 Å². The van der Waals surface area contributed by atoms with Gasteiger partial charge in [0.15, 0.2) is 0 Å². The predicted octanol–water partition coefficient (Wildman–Crippen LogP) is 4.89. The second kappa shape index (κ2) is 6.26. The number of anilines is 1. The molecule has 0 heterocycles. The van der Waals surface area contributed by atoms with E-state index in [9.17, 15) is 10.1 Å². The molecule has 2 aromatic carbocycles. The average Bonchev–Trinajstić information content (AvgIpc) is 2.41. The lowest BCUT2D eigenvalue weighted by molar-refractivity contribution is -0.385. The lowest BCUT2D eigenvalue weighted by atomic mass is 10.1. The van der Waals surface area contributed by atoms with Crippen molar-refractivity contribution in [3.8, 4) is 0 Å². The highest BCUT2D eigenvalue weighted by molar-refractivity contribution is 9.10. The van der Waals surface area contributed by atoms with E-state index < -0.39 is 0 Å². The summed E-state index contributed by atoms with van der Waals surface area (Å²) in [6.07, 6.45) is 0. The summed E-state index contributed by atoms with van der Waals surface area (Å²) >= 11 is 3.44. The number of rotatable bonds is 4. The van der Waals surface area contributed by atoms with Crippen molar-refractivity contribution >= 4 is 27.3 Å². The molecule has 0 spiro atoms. The topological polar surface area (TPSA) is 55.2 Å². The molecule has 2 rings (SSSR count). The molecule has 1 N–H and O–H groups in total. The first-order chi connectivity index (χ1) is 9.88. The molecule has 0 aliphatic rings. The first-order valence-electron chi connectivity index (χ1n) is 6.63. The summed E-state index contributed by atoms with van der Waals surface area (Å²) in [5.41, 5.74) is 5.14. The van der Waals surface area contributed by atoms with Crippen LogP contribution in [0.15, 0.2) is 34.8 Å². The Morgan fingerprint density at radius 1 is 1.10 bits per heavy atom. The monoisotopic (exact) mass is 348 g/mol. The Bertz CT molecular complexity index is 699. The molecule has 0 unspecified atom stereocenters. The number of benzene rings is 2. The SMILES string of the molecule is Cc1ccc(CNc2cc([N+](=O)[O-])c(C)cc2Br)cc1C. The van der Waals surface area contributed by atoms with Crippen molar-refractivity contribution in [2.24, 2.45) is 0 Å². The van der Waals surface area contributed by atoms with Gasteiger partial charge in [-0.1, -0.05) is 18.2 Å². The molecule has 0 saturated carbocycles. The van der Waals surface area contributed by atoms with Crippen LogP contribution in [-0.4, -0.2) is 4.92 Å². The van der Waals surface area contributed by atoms with Crippen LogP contribution in [0, 0.1) is 30.9 Å². The molecule has 0 aliphatic heterocycles. The van der Waals surface area contributed by atoms with Gasteiger partial charge in [-0.3, -0.25) is 10.1 Å². The standard InChI is InChI=1S/C16H17BrN2O2/c1-10-4-5-13(6-11(10)2)9-18-15-8-16(19(20)21)12(3)7-14(15)17/h4-8,18H,9H2,1-3H3. The summed E-state index contributed by atoms with van der Waals surface area (Å²) in [5.74, 6) is 0. The van der Waals surface area contributed by atoms with Gasteiger partial charge < -0.3 is 5.32 Å².